The third kappa shape index (κ3) is 3.22. The van der Waals surface area contributed by atoms with Gasteiger partial charge in [-0.15, -0.1) is 0 Å². The summed E-state index contributed by atoms with van der Waals surface area (Å²) in [7, 11) is 0. The first-order valence-corrected chi connectivity index (χ1v) is 7.27. The number of aromatic nitrogens is 1. The number of nitrogens with zero attached hydrogens (tertiary/aromatic N) is 2. The molecule has 100 valence electrons. The van der Waals surface area contributed by atoms with Crippen molar-refractivity contribution in [2.45, 2.75) is 52.1 Å². The Morgan fingerprint density at radius 3 is 3.06 bits per heavy atom. The normalized spacial score (nSPS) is 20.1. The van der Waals surface area contributed by atoms with Gasteiger partial charge in [-0.3, -0.25) is 0 Å². The van der Waals surface area contributed by atoms with Crippen molar-refractivity contribution in [1.82, 2.24) is 10.3 Å². The standard InChI is InChI=1S/C15H25N3/c1-3-14-7-5-6-10-18(14)15-11-13(8-9-17-15)12-16-4-2/h8-9,11,14,16H,3-7,10,12H2,1-2H3. The van der Waals surface area contributed by atoms with Crippen LogP contribution in [0.1, 0.15) is 45.1 Å². The van der Waals surface area contributed by atoms with Gasteiger partial charge in [-0.05, 0) is 49.9 Å². The van der Waals surface area contributed by atoms with E-state index < -0.39 is 0 Å². The molecule has 18 heavy (non-hydrogen) atoms. The molecule has 1 saturated heterocycles. The van der Waals surface area contributed by atoms with Crippen LogP contribution in [0.2, 0.25) is 0 Å². The van der Waals surface area contributed by atoms with Gasteiger partial charge in [0.05, 0.1) is 0 Å². The molecule has 1 N–H and O–H groups in total. The Bertz CT molecular complexity index is 365. The molecule has 0 bridgehead atoms. The summed E-state index contributed by atoms with van der Waals surface area (Å²) < 4.78 is 0. The van der Waals surface area contributed by atoms with Crippen LogP contribution in [0.4, 0.5) is 5.82 Å². The summed E-state index contributed by atoms with van der Waals surface area (Å²) in [4.78, 5) is 7.07. The highest BCUT2D eigenvalue weighted by molar-refractivity contribution is 5.42. The second-order valence-corrected chi connectivity index (χ2v) is 5.05. The molecule has 1 aromatic heterocycles. The number of hydrogen-bond acceptors (Lipinski definition) is 3. The van der Waals surface area contributed by atoms with E-state index in [1.54, 1.807) is 0 Å². The smallest absolute Gasteiger partial charge is 0.129 e. The Morgan fingerprint density at radius 2 is 2.28 bits per heavy atom. The summed E-state index contributed by atoms with van der Waals surface area (Å²) in [5, 5.41) is 3.37. The number of anilines is 1. The van der Waals surface area contributed by atoms with Crippen molar-refractivity contribution in [3.8, 4) is 0 Å². The minimum absolute atomic E-state index is 0.681. The first kappa shape index (κ1) is 13.3. The molecule has 0 spiro atoms. The van der Waals surface area contributed by atoms with Crippen molar-refractivity contribution >= 4 is 5.82 Å². The third-order valence-electron chi connectivity index (χ3n) is 3.78. The first-order valence-electron chi connectivity index (χ1n) is 7.27. The van der Waals surface area contributed by atoms with E-state index >= 15 is 0 Å². The van der Waals surface area contributed by atoms with Gasteiger partial charge in [0, 0.05) is 25.3 Å². The van der Waals surface area contributed by atoms with Crippen LogP contribution in [0.15, 0.2) is 18.3 Å². The van der Waals surface area contributed by atoms with E-state index in [0.717, 1.165) is 25.5 Å². The van der Waals surface area contributed by atoms with Crippen LogP contribution in [0.5, 0.6) is 0 Å². The van der Waals surface area contributed by atoms with E-state index in [1.165, 1.54) is 31.2 Å². The van der Waals surface area contributed by atoms with Gasteiger partial charge in [0.1, 0.15) is 5.82 Å². The highest BCUT2D eigenvalue weighted by Crippen LogP contribution is 2.25. The van der Waals surface area contributed by atoms with Crippen LogP contribution in [-0.2, 0) is 6.54 Å². The quantitative estimate of drug-likeness (QED) is 0.867. The lowest BCUT2D eigenvalue weighted by molar-refractivity contribution is 0.446. The van der Waals surface area contributed by atoms with Crippen molar-refractivity contribution in [3.05, 3.63) is 23.9 Å². The van der Waals surface area contributed by atoms with Crippen molar-refractivity contribution < 1.29 is 0 Å². The summed E-state index contributed by atoms with van der Waals surface area (Å²) in [6.45, 7) is 7.54. The highest BCUT2D eigenvalue weighted by atomic mass is 15.2. The molecule has 3 nitrogen and oxygen atoms in total. The maximum absolute atomic E-state index is 4.57. The van der Waals surface area contributed by atoms with E-state index in [9.17, 15) is 0 Å². The van der Waals surface area contributed by atoms with E-state index in [1.807, 2.05) is 6.20 Å². The molecule has 0 amide bonds. The largest absolute Gasteiger partial charge is 0.354 e. The van der Waals surface area contributed by atoms with Gasteiger partial charge < -0.3 is 10.2 Å². The summed E-state index contributed by atoms with van der Waals surface area (Å²) in [5.41, 5.74) is 1.34. The summed E-state index contributed by atoms with van der Waals surface area (Å²) in [6, 6.07) is 5.04. The number of rotatable bonds is 5. The van der Waals surface area contributed by atoms with Gasteiger partial charge in [-0.2, -0.15) is 0 Å². The molecule has 1 unspecified atom stereocenters. The number of pyridine rings is 1. The second kappa shape index (κ2) is 6.74. The highest BCUT2D eigenvalue weighted by Gasteiger charge is 2.21. The predicted octanol–water partition coefficient (Wildman–Crippen LogP) is 2.96. The van der Waals surface area contributed by atoms with E-state index in [0.29, 0.717) is 6.04 Å². The van der Waals surface area contributed by atoms with Crippen molar-refractivity contribution in [3.63, 3.8) is 0 Å². The maximum atomic E-state index is 4.57. The van der Waals surface area contributed by atoms with Gasteiger partial charge in [0.25, 0.3) is 0 Å². The zero-order chi connectivity index (χ0) is 12.8. The van der Waals surface area contributed by atoms with Crippen LogP contribution in [0.25, 0.3) is 0 Å². The van der Waals surface area contributed by atoms with Crippen molar-refractivity contribution in [2.75, 3.05) is 18.0 Å². The fourth-order valence-electron chi connectivity index (χ4n) is 2.72. The van der Waals surface area contributed by atoms with Gasteiger partial charge >= 0.3 is 0 Å². The number of nitrogens with one attached hydrogen (secondary N) is 1. The molecule has 1 aromatic rings. The fourth-order valence-corrected chi connectivity index (χ4v) is 2.72. The number of piperidine rings is 1. The molecule has 1 atom stereocenters. The van der Waals surface area contributed by atoms with Crippen LogP contribution in [0, 0.1) is 0 Å². The van der Waals surface area contributed by atoms with Crippen LogP contribution in [-0.4, -0.2) is 24.1 Å². The lowest BCUT2D eigenvalue weighted by Gasteiger charge is -2.36. The summed E-state index contributed by atoms with van der Waals surface area (Å²) in [5.74, 6) is 1.16. The first-order chi connectivity index (χ1) is 8.85. The molecular weight excluding hydrogens is 222 g/mol. The molecule has 2 rings (SSSR count). The average Bonchev–Trinajstić information content (AvgIpc) is 2.45. The zero-order valence-corrected chi connectivity index (χ0v) is 11.7. The molecule has 1 aliphatic rings. The minimum atomic E-state index is 0.681. The zero-order valence-electron chi connectivity index (χ0n) is 11.7. The molecule has 2 heterocycles. The van der Waals surface area contributed by atoms with Crippen LogP contribution in [0.3, 0.4) is 0 Å². The van der Waals surface area contributed by atoms with E-state index in [-0.39, 0.29) is 0 Å². The topological polar surface area (TPSA) is 28.2 Å². The predicted molar refractivity (Wildman–Crippen MR) is 76.9 cm³/mol. The van der Waals surface area contributed by atoms with Crippen LogP contribution >= 0.6 is 0 Å². The Balaban J connectivity index is 2.10. The molecule has 0 aromatic carbocycles. The van der Waals surface area contributed by atoms with Gasteiger partial charge in [-0.25, -0.2) is 4.98 Å². The second-order valence-electron chi connectivity index (χ2n) is 5.05. The lowest BCUT2D eigenvalue weighted by atomic mass is 10.00. The maximum Gasteiger partial charge on any atom is 0.129 e. The lowest BCUT2D eigenvalue weighted by Crippen LogP contribution is -2.39. The molecule has 0 aliphatic carbocycles. The van der Waals surface area contributed by atoms with Crippen LogP contribution < -0.4 is 10.2 Å². The minimum Gasteiger partial charge on any atom is -0.354 e. The van der Waals surface area contributed by atoms with Gasteiger partial charge in [-0.1, -0.05) is 13.8 Å². The van der Waals surface area contributed by atoms with E-state index in [4.69, 9.17) is 0 Å². The molecular formula is C15H25N3. The van der Waals surface area contributed by atoms with Gasteiger partial charge in [0.15, 0.2) is 0 Å². The average molecular weight is 247 g/mol. The van der Waals surface area contributed by atoms with Crippen molar-refractivity contribution in [2.24, 2.45) is 0 Å². The number of hydrogen-bond donors (Lipinski definition) is 1. The van der Waals surface area contributed by atoms with Crippen molar-refractivity contribution in [1.29, 1.82) is 0 Å². The molecule has 1 aliphatic heterocycles. The Hall–Kier alpha value is -1.09. The summed E-state index contributed by atoms with van der Waals surface area (Å²) >= 11 is 0. The van der Waals surface area contributed by atoms with Gasteiger partial charge in [0.2, 0.25) is 0 Å². The Labute approximate surface area is 111 Å². The monoisotopic (exact) mass is 247 g/mol. The third-order valence-corrected chi connectivity index (χ3v) is 3.78. The Morgan fingerprint density at radius 1 is 1.39 bits per heavy atom. The molecule has 0 saturated carbocycles. The van der Waals surface area contributed by atoms with E-state index in [2.05, 4.69) is 41.2 Å². The Kier molecular flexibility index (Phi) is 5.00. The summed E-state index contributed by atoms with van der Waals surface area (Å²) in [6.07, 6.45) is 7.15. The molecule has 1 fully saturated rings. The SMILES string of the molecule is CCNCc1ccnc(N2CCCCC2CC)c1. The molecule has 0 radical (unpaired) electrons. The molecule has 3 heteroatoms. The fraction of sp³-hybridized carbons (Fsp3) is 0.667.